The Morgan fingerprint density at radius 3 is 2.83 bits per heavy atom. The van der Waals surface area contributed by atoms with Crippen molar-refractivity contribution in [3.05, 3.63) is 75.7 Å². The van der Waals surface area contributed by atoms with Crippen molar-refractivity contribution < 1.29 is 4.74 Å². The van der Waals surface area contributed by atoms with Crippen molar-refractivity contribution in [2.24, 2.45) is 0 Å². The maximum Gasteiger partial charge on any atom is 0.259 e. The molecule has 0 aliphatic rings. The van der Waals surface area contributed by atoms with Crippen molar-refractivity contribution in [1.82, 2.24) is 9.38 Å². The van der Waals surface area contributed by atoms with Crippen LogP contribution in [0.4, 0.5) is 5.82 Å². The number of ether oxygens (including phenoxy) is 1. The molecule has 0 aliphatic heterocycles. The fraction of sp³-hybridized carbons (Fsp3) is 0.176. The van der Waals surface area contributed by atoms with Crippen LogP contribution in [0.2, 0.25) is 5.02 Å². The summed E-state index contributed by atoms with van der Waals surface area (Å²) in [6.45, 7) is 0.454. The van der Waals surface area contributed by atoms with Gasteiger partial charge in [-0.25, -0.2) is 4.98 Å². The molecule has 1 unspecified atom stereocenters. The van der Waals surface area contributed by atoms with Crippen LogP contribution < -0.4 is 10.9 Å². The smallest absolute Gasteiger partial charge is 0.259 e. The molecular formula is C17H16ClN3O2. The van der Waals surface area contributed by atoms with Gasteiger partial charge in [-0.05, 0) is 18.2 Å². The van der Waals surface area contributed by atoms with E-state index in [2.05, 4.69) is 10.3 Å². The van der Waals surface area contributed by atoms with Gasteiger partial charge in [0.1, 0.15) is 17.6 Å². The van der Waals surface area contributed by atoms with Gasteiger partial charge in [0.15, 0.2) is 0 Å². The van der Waals surface area contributed by atoms with Crippen molar-refractivity contribution in [2.45, 2.75) is 6.10 Å². The third kappa shape index (κ3) is 3.36. The molecule has 0 spiro atoms. The Morgan fingerprint density at radius 2 is 2.04 bits per heavy atom. The highest BCUT2D eigenvalue weighted by Gasteiger charge is 2.14. The summed E-state index contributed by atoms with van der Waals surface area (Å²) in [6.07, 6.45) is 1.45. The summed E-state index contributed by atoms with van der Waals surface area (Å²) in [7, 11) is 1.62. The molecule has 2 heterocycles. The lowest BCUT2D eigenvalue weighted by Crippen LogP contribution is -2.19. The standard InChI is InChI=1S/C17H16ClN3O2/c1-23-14(12-6-2-3-7-13(12)18)11-19-15-10-17(22)21-9-5-4-8-16(21)20-15/h2-10,14,19H,11H2,1H3. The molecule has 23 heavy (non-hydrogen) atoms. The van der Waals surface area contributed by atoms with Gasteiger partial charge in [-0.1, -0.05) is 35.9 Å². The Kier molecular flexibility index (Phi) is 4.60. The zero-order valence-corrected chi connectivity index (χ0v) is 13.3. The van der Waals surface area contributed by atoms with Crippen molar-refractivity contribution in [2.75, 3.05) is 19.0 Å². The molecule has 1 atom stereocenters. The molecule has 6 heteroatoms. The highest BCUT2D eigenvalue weighted by atomic mass is 35.5. The fourth-order valence-corrected chi connectivity index (χ4v) is 2.66. The summed E-state index contributed by atoms with van der Waals surface area (Å²) in [6, 6.07) is 14.4. The first-order chi connectivity index (χ1) is 11.2. The number of benzene rings is 1. The van der Waals surface area contributed by atoms with Crippen LogP contribution in [0.15, 0.2) is 59.5 Å². The topological polar surface area (TPSA) is 55.6 Å². The number of halogens is 1. The molecule has 1 N–H and O–H groups in total. The molecule has 0 saturated heterocycles. The molecule has 0 saturated carbocycles. The predicted molar refractivity (Wildman–Crippen MR) is 91.2 cm³/mol. The van der Waals surface area contributed by atoms with Gasteiger partial charge < -0.3 is 10.1 Å². The summed E-state index contributed by atoms with van der Waals surface area (Å²) in [4.78, 5) is 16.5. The molecule has 3 aromatic rings. The lowest BCUT2D eigenvalue weighted by molar-refractivity contribution is 0.114. The second kappa shape index (κ2) is 6.81. The van der Waals surface area contributed by atoms with E-state index in [1.54, 1.807) is 25.4 Å². The number of nitrogens with zero attached hydrogens (tertiary/aromatic N) is 2. The largest absolute Gasteiger partial charge is 0.375 e. The molecule has 5 nitrogen and oxygen atoms in total. The first-order valence-electron chi connectivity index (χ1n) is 7.18. The Bertz CT molecular complexity index is 879. The van der Waals surface area contributed by atoms with Crippen LogP contribution >= 0.6 is 11.6 Å². The van der Waals surface area contributed by atoms with E-state index < -0.39 is 0 Å². The van der Waals surface area contributed by atoms with Gasteiger partial charge in [0.05, 0.1) is 0 Å². The van der Waals surface area contributed by atoms with Crippen LogP contribution in [0.3, 0.4) is 0 Å². The molecule has 118 valence electrons. The monoisotopic (exact) mass is 329 g/mol. The van der Waals surface area contributed by atoms with Crippen molar-refractivity contribution in [3.63, 3.8) is 0 Å². The van der Waals surface area contributed by atoms with Crippen LogP contribution in [-0.2, 0) is 4.74 Å². The number of nitrogens with one attached hydrogen (secondary N) is 1. The lowest BCUT2D eigenvalue weighted by Gasteiger charge is -2.18. The van der Waals surface area contributed by atoms with Crippen LogP contribution in [0.5, 0.6) is 0 Å². The van der Waals surface area contributed by atoms with Gasteiger partial charge in [0.25, 0.3) is 5.56 Å². The third-order valence-electron chi connectivity index (χ3n) is 3.58. The van der Waals surface area contributed by atoms with E-state index in [-0.39, 0.29) is 11.7 Å². The molecule has 3 rings (SSSR count). The Morgan fingerprint density at radius 1 is 1.26 bits per heavy atom. The molecule has 0 aliphatic carbocycles. The second-order valence-corrected chi connectivity index (χ2v) is 5.44. The Hall–Kier alpha value is -2.37. The van der Waals surface area contributed by atoms with Crippen LogP contribution in [0, 0.1) is 0 Å². The van der Waals surface area contributed by atoms with Gasteiger partial charge in [-0.2, -0.15) is 0 Å². The van der Waals surface area contributed by atoms with E-state index in [0.29, 0.717) is 23.0 Å². The van der Waals surface area contributed by atoms with Gasteiger partial charge in [-0.15, -0.1) is 0 Å². The zero-order chi connectivity index (χ0) is 16.2. The first-order valence-corrected chi connectivity index (χ1v) is 7.56. The molecule has 0 fully saturated rings. The number of methoxy groups -OCH3 is 1. The summed E-state index contributed by atoms with van der Waals surface area (Å²) in [5, 5.41) is 3.79. The first kappa shape index (κ1) is 15.5. The van der Waals surface area contributed by atoms with E-state index in [1.807, 2.05) is 30.3 Å². The van der Waals surface area contributed by atoms with E-state index in [9.17, 15) is 4.79 Å². The highest BCUT2D eigenvalue weighted by molar-refractivity contribution is 6.31. The zero-order valence-electron chi connectivity index (χ0n) is 12.6. The van der Waals surface area contributed by atoms with E-state index >= 15 is 0 Å². The van der Waals surface area contributed by atoms with E-state index in [1.165, 1.54) is 10.5 Å². The van der Waals surface area contributed by atoms with Gasteiger partial charge in [0.2, 0.25) is 0 Å². The number of hydrogen-bond donors (Lipinski definition) is 1. The van der Waals surface area contributed by atoms with Gasteiger partial charge >= 0.3 is 0 Å². The fourth-order valence-electron chi connectivity index (χ4n) is 2.40. The minimum atomic E-state index is -0.236. The lowest BCUT2D eigenvalue weighted by atomic mass is 10.1. The summed E-state index contributed by atoms with van der Waals surface area (Å²) in [5.41, 5.74) is 1.35. The van der Waals surface area contributed by atoms with E-state index in [4.69, 9.17) is 16.3 Å². The van der Waals surface area contributed by atoms with Crippen molar-refractivity contribution in [1.29, 1.82) is 0 Å². The average Bonchev–Trinajstić information content (AvgIpc) is 2.57. The minimum absolute atomic E-state index is 0.134. The number of pyridine rings is 1. The van der Waals surface area contributed by atoms with Crippen LogP contribution in [-0.4, -0.2) is 23.0 Å². The normalized spacial score (nSPS) is 12.3. The minimum Gasteiger partial charge on any atom is -0.375 e. The summed E-state index contributed by atoms with van der Waals surface area (Å²) >= 11 is 6.21. The SMILES string of the molecule is COC(CNc1cc(=O)n2ccccc2n1)c1ccccc1Cl. The average molecular weight is 330 g/mol. The number of anilines is 1. The maximum absolute atomic E-state index is 12.1. The second-order valence-electron chi connectivity index (χ2n) is 5.04. The molecule has 2 aromatic heterocycles. The molecule has 0 radical (unpaired) electrons. The molecule has 1 aromatic carbocycles. The predicted octanol–water partition coefficient (Wildman–Crippen LogP) is 3.15. The van der Waals surface area contributed by atoms with Crippen molar-refractivity contribution in [3.8, 4) is 0 Å². The number of hydrogen-bond acceptors (Lipinski definition) is 4. The van der Waals surface area contributed by atoms with Gasteiger partial charge in [0, 0.05) is 36.5 Å². The third-order valence-corrected chi connectivity index (χ3v) is 3.92. The Balaban J connectivity index is 1.82. The van der Waals surface area contributed by atoms with Crippen LogP contribution in [0.25, 0.3) is 5.65 Å². The van der Waals surface area contributed by atoms with E-state index in [0.717, 1.165) is 5.56 Å². The molecule has 0 bridgehead atoms. The van der Waals surface area contributed by atoms with Gasteiger partial charge in [-0.3, -0.25) is 9.20 Å². The maximum atomic E-state index is 12.1. The molecule has 0 amide bonds. The summed E-state index contributed by atoms with van der Waals surface area (Å²) < 4.78 is 6.99. The highest BCUT2D eigenvalue weighted by Crippen LogP contribution is 2.25. The Labute approximate surface area is 138 Å². The van der Waals surface area contributed by atoms with Crippen LogP contribution in [0.1, 0.15) is 11.7 Å². The quantitative estimate of drug-likeness (QED) is 0.781. The number of rotatable bonds is 5. The summed E-state index contributed by atoms with van der Waals surface area (Å²) in [5.74, 6) is 0.510. The number of fused-ring (bicyclic) bond motifs is 1. The van der Waals surface area contributed by atoms with Crippen molar-refractivity contribution >= 4 is 23.1 Å². The number of aromatic nitrogens is 2. The molecular weight excluding hydrogens is 314 g/mol.